The first-order chi connectivity index (χ1) is 9.59. The van der Waals surface area contributed by atoms with Gasteiger partial charge in [0.05, 0.1) is 11.5 Å². The molecule has 1 aliphatic carbocycles. The summed E-state index contributed by atoms with van der Waals surface area (Å²) in [5.41, 5.74) is 0. The molecule has 0 radical (unpaired) electrons. The zero-order valence-corrected chi connectivity index (χ0v) is 12.1. The summed E-state index contributed by atoms with van der Waals surface area (Å²) in [6.07, 6.45) is 2.46. The Morgan fingerprint density at radius 2 is 1.80 bits per heavy atom. The van der Waals surface area contributed by atoms with Crippen LogP contribution in [-0.4, -0.2) is 44.1 Å². The molecule has 1 N–H and O–H groups in total. The maximum Gasteiger partial charge on any atom is 0.243 e. The number of sulfonamides is 1. The van der Waals surface area contributed by atoms with Crippen LogP contribution in [0.4, 0.5) is 0 Å². The highest BCUT2D eigenvalue weighted by atomic mass is 32.2. The molecule has 20 heavy (non-hydrogen) atoms. The normalized spacial score (nSPS) is 20.6. The summed E-state index contributed by atoms with van der Waals surface area (Å²) < 4.78 is 31.5. The van der Waals surface area contributed by atoms with Crippen molar-refractivity contribution in [1.29, 1.82) is 0 Å². The standard InChI is InChI=1S/C14H19NO4S/c16-9-12-7-15(8-12)20(17,18)14-5-3-13(4-6-14)19-10-11-1-2-11/h3-6,11-12,16H,1-2,7-10H2. The lowest BCUT2D eigenvalue weighted by Gasteiger charge is -2.36. The molecule has 110 valence electrons. The minimum absolute atomic E-state index is 0.0416. The molecule has 1 aliphatic heterocycles. The van der Waals surface area contributed by atoms with Crippen LogP contribution in [0.25, 0.3) is 0 Å². The Hall–Kier alpha value is -1.11. The van der Waals surface area contributed by atoms with Crippen LogP contribution in [0.15, 0.2) is 29.2 Å². The van der Waals surface area contributed by atoms with Crippen LogP contribution in [0.1, 0.15) is 12.8 Å². The molecule has 0 spiro atoms. The van der Waals surface area contributed by atoms with Crippen LogP contribution in [0, 0.1) is 11.8 Å². The van der Waals surface area contributed by atoms with Crippen LogP contribution in [0.5, 0.6) is 5.75 Å². The Kier molecular flexibility index (Phi) is 3.70. The minimum atomic E-state index is -3.41. The van der Waals surface area contributed by atoms with Gasteiger partial charge in [0, 0.05) is 25.6 Å². The van der Waals surface area contributed by atoms with Crippen molar-refractivity contribution in [3.8, 4) is 5.75 Å². The van der Waals surface area contributed by atoms with E-state index in [0.29, 0.717) is 24.8 Å². The van der Waals surface area contributed by atoms with Gasteiger partial charge in [-0.05, 0) is 43.0 Å². The molecule has 1 aromatic carbocycles. The van der Waals surface area contributed by atoms with Gasteiger partial charge in [-0.25, -0.2) is 8.42 Å². The summed E-state index contributed by atoms with van der Waals surface area (Å²) in [7, 11) is -3.41. The number of aliphatic hydroxyl groups excluding tert-OH is 1. The number of ether oxygens (including phenoxy) is 1. The number of hydrogen-bond donors (Lipinski definition) is 1. The first kappa shape index (κ1) is 13.9. The van der Waals surface area contributed by atoms with Gasteiger partial charge < -0.3 is 9.84 Å². The maximum absolute atomic E-state index is 12.3. The van der Waals surface area contributed by atoms with E-state index in [4.69, 9.17) is 9.84 Å². The quantitative estimate of drug-likeness (QED) is 0.853. The molecular weight excluding hydrogens is 278 g/mol. The molecule has 1 saturated carbocycles. The van der Waals surface area contributed by atoms with E-state index in [1.165, 1.54) is 17.1 Å². The monoisotopic (exact) mass is 297 g/mol. The smallest absolute Gasteiger partial charge is 0.243 e. The zero-order valence-electron chi connectivity index (χ0n) is 11.2. The van der Waals surface area contributed by atoms with E-state index < -0.39 is 10.0 Å². The van der Waals surface area contributed by atoms with Crippen molar-refractivity contribution in [2.75, 3.05) is 26.3 Å². The number of aliphatic hydroxyl groups is 1. The molecule has 0 bridgehead atoms. The van der Waals surface area contributed by atoms with Crippen LogP contribution in [-0.2, 0) is 10.0 Å². The van der Waals surface area contributed by atoms with Gasteiger partial charge in [-0.3, -0.25) is 0 Å². The molecule has 1 heterocycles. The zero-order chi connectivity index (χ0) is 14.2. The van der Waals surface area contributed by atoms with E-state index in [-0.39, 0.29) is 17.4 Å². The van der Waals surface area contributed by atoms with E-state index in [9.17, 15) is 8.42 Å². The van der Waals surface area contributed by atoms with E-state index >= 15 is 0 Å². The molecule has 1 saturated heterocycles. The predicted octanol–water partition coefficient (Wildman–Crippen LogP) is 1.09. The molecule has 0 amide bonds. The van der Waals surface area contributed by atoms with Gasteiger partial charge in [-0.15, -0.1) is 0 Å². The number of hydrogen-bond acceptors (Lipinski definition) is 4. The number of rotatable bonds is 6. The van der Waals surface area contributed by atoms with Crippen LogP contribution in [0.2, 0.25) is 0 Å². The van der Waals surface area contributed by atoms with Crippen molar-refractivity contribution in [3.63, 3.8) is 0 Å². The maximum atomic E-state index is 12.3. The molecule has 3 rings (SSSR count). The van der Waals surface area contributed by atoms with Crippen molar-refractivity contribution >= 4 is 10.0 Å². The Labute approximate surface area is 119 Å². The molecule has 5 nitrogen and oxygen atoms in total. The van der Waals surface area contributed by atoms with Gasteiger partial charge in [0.2, 0.25) is 10.0 Å². The highest BCUT2D eigenvalue weighted by molar-refractivity contribution is 7.89. The molecule has 2 fully saturated rings. The van der Waals surface area contributed by atoms with Crippen molar-refractivity contribution in [2.45, 2.75) is 17.7 Å². The first-order valence-electron chi connectivity index (χ1n) is 6.93. The average Bonchev–Trinajstić information content (AvgIpc) is 3.19. The molecule has 1 aromatic rings. The summed E-state index contributed by atoms with van der Waals surface area (Å²) in [6, 6.07) is 6.59. The lowest BCUT2D eigenvalue weighted by atomic mass is 10.1. The number of nitrogens with zero attached hydrogens (tertiary/aromatic N) is 1. The van der Waals surface area contributed by atoms with Crippen LogP contribution >= 0.6 is 0 Å². The lowest BCUT2D eigenvalue weighted by Crippen LogP contribution is -2.51. The number of benzene rings is 1. The van der Waals surface area contributed by atoms with Gasteiger partial charge in [0.25, 0.3) is 0 Å². The van der Waals surface area contributed by atoms with Crippen LogP contribution < -0.4 is 4.74 Å². The highest BCUT2D eigenvalue weighted by Gasteiger charge is 2.36. The predicted molar refractivity (Wildman–Crippen MR) is 74.0 cm³/mol. The summed E-state index contributed by atoms with van der Waals surface area (Å²) >= 11 is 0. The van der Waals surface area contributed by atoms with Crippen LogP contribution in [0.3, 0.4) is 0 Å². The van der Waals surface area contributed by atoms with Gasteiger partial charge >= 0.3 is 0 Å². The molecule has 0 atom stereocenters. The summed E-state index contributed by atoms with van der Waals surface area (Å²) in [5, 5.41) is 8.95. The molecule has 2 aliphatic rings. The Morgan fingerprint density at radius 1 is 1.15 bits per heavy atom. The van der Waals surface area contributed by atoms with E-state index in [0.717, 1.165) is 6.61 Å². The van der Waals surface area contributed by atoms with Gasteiger partial charge in [0.15, 0.2) is 0 Å². The third-order valence-electron chi connectivity index (χ3n) is 3.83. The first-order valence-corrected chi connectivity index (χ1v) is 8.37. The lowest BCUT2D eigenvalue weighted by molar-refractivity contribution is 0.117. The Balaban J connectivity index is 1.63. The summed E-state index contributed by atoms with van der Waals surface area (Å²) in [6.45, 7) is 1.56. The Bertz CT molecular complexity index is 559. The summed E-state index contributed by atoms with van der Waals surface area (Å²) in [5.74, 6) is 1.47. The van der Waals surface area contributed by atoms with E-state index in [1.807, 2.05) is 0 Å². The highest BCUT2D eigenvalue weighted by Crippen LogP contribution is 2.30. The molecule has 0 aromatic heterocycles. The minimum Gasteiger partial charge on any atom is -0.493 e. The van der Waals surface area contributed by atoms with Crippen molar-refractivity contribution in [2.24, 2.45) is 11.8 Å². The van der Waals surface area contributed by atoms with E-state index in [2.05, 4.69) is 0 Å². The topological polar surface area (TPSA) is 66.8 Å². The van der Waals surface area contributed by atoms with Gasteiger partial charge in [-0.1, -0.05) is 0 Å². The second-order valence-electron chi connectivity index (χ2n) is 5.60. The fourth-order valence-corrected chi connectivity index (χ4v) is 3.78. The molecule has 0 unspecified atom stereocenters. The molecule has 6 heteroatoms. The molecular formula is C14H19NO4S. The van der Waals surface area contributed by atoms with Crippen molar-refractivity contribution in [3.05, 3.63) is 24.3 Å². The van der Waals surface area contributed by atoms with Gasteiger partial charge in [0.1, 0.15) is 5.75 Å². The van der Waals surface area contributed by atoms with Crippen molar-refractivity contribution < 1.29 is 18.3 Å². The van der Waals surface area contributed by atoms with Gasteiger partial charge in [-0.2, -0.15) is 4.31 Å². The SMILES string of the molecule is O=S(=O)(c1ccc(OCC2CC2)cc1)N1CC(CO)C1. The third-order valence-corrected chi connectivity index (χ3v) is 5.67. The second kappa shape index (κ2) is 5.35. The summed E-state index contributed by atoms with van der Waals surface area (Å²) in [4.78, 5) is 0.285. The van der Waals surface area contributed by atoms with Crippen molar-refractivity contribution in [1.82, 2.24) is 4.31 Å². The third kappa shape index (κ3) is 2.82. The Morgan fingerprint density at radius 3 is 2.35 bits per heavy atom. The largest absolute Gasteiger partial charge is 0.493 e. The fourth-order valence-electron chi connectivity index (χ4n) is 2.19. The average molecular weight is 297 g/mol. The second-order valence-corrected chi connectivity index (χ2v) is 7.53. The van der Waals surface area contributed by atoms with E-state index in [1.54, 1.807) is 24.3 Å². The fraction of sp³-hybridized carbons (Fsp3) is 0.571.